The van der Waals surface area contributed by atoms with Gasteiger partial charge in [0.05, 0.1) is 6.61 Å². The van der Waals surface area contributed by atoms with Crippen molar-refractivity contribution in [3.63, 3.8) is 0 Å². The molecule has 0 radical (unpaired) electrons. The third-order valence-electron chi connectivity index (χ3n) is 2.09. The summed E-state index contributed by atoms with van der Waals surface area (Å²) in [4.78, 5) is 0. The molecular formula is C10H13NO. The van der Waals surface area contributed by atoms with E-state index >= 15 is 0 Å². The smallest absolute Gasteiger partial charge is 0.119 e. The van der Waals surface area contributed by atoms with Crippen LogP contribution in [0.3, 0.4) is 0 Å². The maximum Gasteiger partial charge on any atom is 0.119 e. The summed E-state index contributed by atoms with van der Waals surface area (Å²) in [5.41, 5.74) is 0. The van der Waals surface area contributed by atoms with Crippen LogP contribution in [0, 0.1) is 5.92 Å². The van der Waals surface area contributed by atoms with E-state index in [9.17, 15) is 0 Å². The first-order valence-corrected chi connectivity index (χ1v) is 4.34. The first kappa shape index (κ1) is 7.62. The number of nitrogens with one attached hydrogen (secondary N) is 1. The number of hydrogen-bond acceptors (Lipinski definition) is 2. The van der Waals surface area contributed by atoms with Gasteiger partial charge < -0.3 is 10.1 Å². The maximum absolute atomic E-state index is 5.57. The summed E-state index contributed by atoms with van der Waals surface area (Å²) in [6, 6.07) is 9.97. The highest BCUT2D eigenvalue weighted by atomic mass is 16.5. The van der Waals surface area contributed by atoms with Gasteiger partial charge in [0.15, 0.2) is 0 Å². The zero-order valence-corrected chi connectivity index (χ0v) is 6.99. The molecule has 0 unspecified atom stereocenters. The number of rotatable bonds is 3. The SMILES string of the molecule is c1ccc(OCC2CNC2)cc1. The van der Waals surface area contributed by atoms with E-state index in [1.54, 1.807) is 0 Å². The van der Waals surface area contributed by atoms with E-state index in [4.69, 9.17) is 4.74 Å². The number of para-hydroxylation sites is 1. The van der Waals surface area contributed by atoms with Gasteiger partial charge in [0.2, 0.25) is 0 Å². The molecule has 64 valence electrons. The molecule has 2 heteroatoms. The highest BCUT2D eigenvalue weighted by Gasteiger charge is 2.16. The normalized spacial score (nSPS) is 17.0. The minimum atomic E-state index is 0.713. The maximum atomic E-state index is 5.57. The predicted molar refractivity (Wildman–Crippen MR) is 48.3 cm³/mol. The highest BCUT2D eigenvalue weighted by molar-refractivity contribution is 5.20. The van der Waals surface area contributed by atoms with Crippen molar-refractivity contribution in [2.45, 2.75) is 0 Å². The van der Waals surface area contributed by atoms with Crippen LogP contribution in [-0.4, -0.2) is 19.7 Å². The lowest BCUT2D eigenvalue weighted by Gasteiger charge is -2.26. The van der Waals surface area contributed by atoms with Gasteiger partial charge in [0.25, 0.3) is 0 Å². The minimum absolute atomic E-state index is 0.713. The van der Waals surface area contributed by atoms with Crippen molar-refractivity contribution in [1.82, 2.24) is 5.32 Å². The van der Waals surface area contributed by atoms with Crippen LogP contribution >= 0.6 is 0 Å². The van der Waals surface area contributed by atoms with Gasteiger partial charge in [-0.3, -0.25) is 0 Å². The lowest BCUT2D eigenvalue weighted by molar-refractivity contribution is 0.199. The van der Waals surface area contributed by atoms with Crippen LogP contribution in [0.4, 0.5) is 0 Å². The first-order valence-electron chi connectivity index (χ1n) is 4.34. The second kappa shape index (κ2) is 3.59. The molecule has 0 spiro atoms. The van der Waals surface area contributed by atoms with E-state index in [2.05, 4.69) is 5.32 Å². The van der Waals surface area contributed by atoms with Gasteiger partial charge in [-0.1, -0.05) is 18.2 Å². The van der Waals surface area contributed by atoms with Crippen molar-refractivity contribution in [2.75, 3.05) is 19.7 Å². The lowest BCUT2D eigenvalue weighted by Crippen LogP contribution is -2.45. The van der Waals surface area contributed by atoms with Gasteiger partial charge in [-0.15, -0.1) is 0 Å². The molecule has 0 aromatic heterocycles. The molecule has 1 aliphatic rings. The van der Waals surface area contributed by atoms with Gasteiger partial charge in [0.1, 0.15) is 5.75 Å². The average Bonchev–Trinajstić information content (AvgIpc) is 2.04. The molecule has 0 bridgehead atoms. The summed E-state index contributed by atoms with van der Waals surface area (Å²) in [5, 5.41) is 3.22. The van der Waals surface area contributed by atoms with Crippen LogP contribution in [0.15, 0.2) is 30.3 Å². The van der Waals surface area contributed by atoms with E-state index in [0.717, 1.165) is 25.4 Å². The van der Waals surface area contributed by atoms with Gasteiger partial charge in [-0.05, 0) is 12.1 Å². The summed E-state index contributed by atoms with van der Waals surface area (Å²) in [7, 11) is 0. The Kier molecular flexibility index (Phi) is 2.28. The van der Waals surface area contributed by atoms with E-state index in [-0.39, 0.29) is 0 Å². The Morgan fingerprint density at radius 2 is 2.00 bits per heavy atom. The molecule has 2 nitrogen and oxygen atoms in total. The lowest BCUT2D eigenvalue weighted by atomic mass is 10.1. The molecule has 1 aromatic carbocycles. The molecule has 0 saturated carbocycles. The Bertz CT molecular complexity index is 231. The van der Waals surface area contributed by atoms with E-state index in [1.807, 2.05) is 30.3 Å². The fraction of sp³-hybridized carbons (Fsp3) is 0.400. The molecule has 1 aliphatic heterocycles. The molecule has 12 heavy (non-hydrogen) atoms. The minimum Gasteiger partial charge on any atom is -0.493 e. The second-order valence-electron chi connectivity index (χ2n) is 3.15. The van der Waals surface area contributed by atoms with Crippen LogP contribution in [-0.2, 0) is 0 Å². The van der Waals surface area contributed by atoms with Crippen LogP contribution in [0.5, 0.6) is 5.75 Å². The fourth-order valence-electron chi connectivity index (χ4n) is 1.20. The Labute approximate surface area is 72.5 Å². The van der Waals surface area contributed by atoms with Crippen molar-refractivity contribution in [1.29, 1.82) is 0 Å². The summed E-state index contributed by atoms with van der Waals surface area (Å²) in [5.74, 6) is 1.69. The third-order valence-corrected chi connectivity index (χ3v) is 2.09. The van der Waals surface area contributed by atoms with Crippen molar-refractivity contribution >= 4 is 0 Å². The zero-order chi connectivity index (χ0) is 8.23. The van der Waals surface area contributed by atoms with Gasteiger partial charge in [0, 0.05) is 19.0 Å². The van der Waals surface area contributed by atoms with Crippen molar-refractivity contribution in [3.8, 4) is 5.75 Å². The topological polar surface area (TPSA) is 21.3 Å². The van der Waals surface area contributed by atoms with E-state index < -0.39 is 0 Å². The Morgan fingerprint density at radius 3 is 2.58 bits per heavy atom. The van der Waals surface area contributed by atoms with Crippen LogP contribution < -0.4 is 10.1 Å². The molecule has 2 rings (SSSR count). The summed E-state index contributed by atoms with van der Waals surface area (Å²) < 4.78 is 5.57. The molecule has 0 atom stereocenters. The average molecular weight is 163 g/mol. The predicted octanol–water partition coefficient (Wildman–Crippen LogP) is 1.28. The second-order valence-corrected chi connectivity index (χ2v) is 3.15. The molecule has 0 aliphatic carbocycles. The van der Waals surface area contributed by atoms with Gasteiger partial charge in [-0.2, -0.15) is 0 Å². The standard InChI is InChI=1S/C10H13NO/c1-2-4-10(5-3-1)12-8-9-6-11-7-9/h1-5,9,11H,6-8H2. The van der Waals surface area contributed by atoms with Crippen molar-refractivity contribution in [3.05, 3.63) is 30.3 Å². The zero-order valence-electron chi connectivity index (χ0n) is 6.99. The van der Waals surface area contributed by atoms with Crippen LogP contribution in [0.2, 0.25) is 0 Å². The van der Waals surface area contributed by atoms with E-state index in [1.165, 1.54) is 0 Å². The first-order chi connectivity index (χ1) is 5.95. The van der Waals surface area contributed by atoms with Crippen molar-refractivity contribution in [2.24, 2.45) is 5.92 Å². The number of hydrogen-bond donors (Lipinski definition) is 1. The molecule has 1 fully saturated rings. The Hall–Kier alpha value is -1.02. The molecule has 1 aromatic rings. The highest BCUT2D eigenvalue weighted by Crippen LogP contribution is 2.11. The molecule has 1 N–H and O–H groups in total. The summed E-state index contributed by atoms with van der Waals surface area (Å²) in [6.07, 6.45) is 0. The molecular weight excluding hydrogens is 150 g/mol. The monoisotopic (exact) mass is 163 g/mol. The molecule has 0 amide bonds. The third kappa shape index (κ3) is 1.77. The van der Waals surface area contributed by atoms with Gasteiger partial charge >= 0.3 is 0 Å². The molecule has 1 heterocycles. The number of benzene rings is 1. The van der Waals surface area contributed by atoms with Crippen LogP contribution in [0.1, 0.15) is 0 Å². The Balaban J connectivity index is 1.79. The number of ether oxygens (including phenoxy) is 1. The quantitative estimate of drug-likeness (QED) is 0.725. The Morgan fingerprint density at radius 1 is 1.25 bits per heavy atom. The fourth-order valence-corrected chi connectivity index (χ4v) is 1.20. The van der Waals surface area contributed by atoms with Crippen molar-refractivity contribution < 1.29 is 4.74 Å². The van der Waals surface area contributed by atoms with E-state index in [0.29, 0.717) is 5.92 Å². The van der Waals surface area contributed by atoms with Gasteiger partial charge in [-0.25, -0.2) is 0 Å². The molecule has 1 saturated heterocycles. The summed E-state index contributed by atoms with van der Waals surface area (Å²) >= 11 is 0. The largest absolute Gasteiger partial charge is 0.493 e. The van der Waals surface area contributed by atoms with Crippen LogP contribution in [0.25, 0.3) is 0 Å². The summed E-state index contributed by atoms with van der Waals surface area (Å²) in [6.45, 7) is 3.05.